The number of hydrogen-bond acceptors (Lipinski definition) is 4. The lowest BCUT2D eigenvalue weighted by Crippen LogP contribution is -2.35. The summed E-state index contributed by atoms with van der Waals surface area (Å²) < 4.78 is 76.4. The molecule has 1 heterocycles. The monoisotopic (exact) mass is 606 g/mol. The minimum Gasteiger partial charge on any atom is -0.493 e. The molecule has 224 valence electrons. The maximum atomic E-state index is 15.0. The summed E-state index contributed by atoms with van der Waals surface area (Å²) >= 11 is 1.15. The molecule has 3 aromatic carbocycles. The van der Waals surface area contributed by atoms with Gasteiger partial charge in [-0.3, -0.25) is 9.59 Å². The van der Waals surface area contributed by atoms with Crippen LogP contribution < -0.4 is 15.0 Å². The molecule has 0 bridgehead atoms. The average Bonchev–Trinajstić information content (AvgIpc) is 2.94. The molecular formula is C31H31F5N2O3S. The van der Waals surface area contributed by atoms with Crippen molar-refractivity contribution in [1.29, 1.82) is 0 Å². The van der Waals surface area contributed by atoms with Gasteiger partial charge < -0.3 is 15.0 Å². The molecule has 0 saturated carbocycles. The van der Waals surface area contributed by atoms with Crippen LogP contribution in [-0.4, -0.2) is 24.2 Å². The molecule has 1 aliphatic heterocycles. The van der Waals surface area contributed by atoms with Crippen LogP contribution in [0.2, 0.25) is 0 Å². The first-order valence-corrected chi connectivity index (χ1v) is 14.8. The van der Waals surface area contributed by atoms with E-state index in [4.69, 9.17) is 4.74 Å². The van der Waals surface area contributed by atoms with E-state index < -0.39 is 47.1 Å². The number of hydrogen-bond donors (Lipinski definition) is 1. The summed E-state index contributed by atoms with van der Waals surface area (Å²) in [5.74, 6) is -5.95. The molecule has 4 rings (SSSR count). The van der Waals surface area contributed by atoms with Crippen LogP contribution in [0.1, 0.15) is 66.9 Å². The maximum Gasteiger partial charge on any atom is 0.251 e. The molecule has 1 N–H and O–H groups in total. The number of amides is 2. The first kappa shape index (κ1) is 31.3. The standard InChI is InChI=1S/C31H31F5N2O3S/c1-2-3-4-5-6-7-10-41-21-14-26(35)23(27(36)15-21)17-38-28-9-8-19(11-29(28)42-18-30(38)39)31(40)37-16-22-24(33)12-20(32)13-25(22)34/h8-9,11-15H,2-7,10,16-18H2,1H3,(H,37,40). The van der Waals surface area contributed by atoms with E-state index in [1.165, 1.54) is 29.5 Å². The minimum atomic E-state index is -1.13. The third kappa shape index (κ3) is 7.81. The van der Waals surface area contributed by atoms with Crippen LogP contribution in [0, 0.1) is 29.1 Å². The summed E-state index contributed by atoms with van der Waals surface area (Å²) in [6.45, 7) is 1.62. The van der Waals surface area contributed by atoms with Crippen molar-refractivity contribution in [1.82, 2.24) is 5.32 Å². The number of carbonyl (C=O) groups excluding carboxylic acids is 2. The molecule has 0 radical (unpaired) electrons. The van der Waals surface area contributed by atoms with Crippen LogP contribution >= 0.6 is 11.8 Å². The SMILES string of the molecule is CCCCCCCCOc1cc(F)c(CN2C(=O)CSc3cc(C(=O)NCc4c(F)cc(F)cc4F)ccc32)c(F)c1. The van der Waals surface area contributed by atoms with E-state index in [-0.39, 0.29) is 35.1 Å². The number of ether oxygens (including phenoxy) is 1. The largest absolute Gasteiger partial charge is 0.493 e. The first-order valence-electron chi connectivity index (χ1n) is 13.8. The van der Waals surface area contributed by atoms with Crippen LogP contribution in [0.3, 0.4) is 0 Å². The summed E-state index contributed by atoms with van der Waals surface area (Å²) in [6.07, 6.45) is 6.34. The van der Waals surface area contributed by atoms with E-state index in [9.17, 15) is 31.5 Å². The molecule has 3 aromatic rings. The molecule has 0 saturated heterocycles. The van der Waals surface area contributed by atoms with Crippen molar-refractivity contribution >= 4 is 29.3 Å². The fourth-order valence-corrected chi connectivity index (χ4v) is 5.55. The molecule has 0 fully saturated rings. The first-order chi connectivity index (χ1) is 20.2. The Labute approximate surface area is 245 Å². The maximum absolute atomic E-state index is 15.0. The second-order valence-corrected chi connectivity index (χ2v) is 11.0. The normalized spacial score (nSPS) is 12.8. The van der Waals surface area contributed by atoms with Gasteiger partial charge in [-0.1, -0.05) is 39.0 Å². The van der Waals surface area contributed by atoms with Crippen molar-refractivity contribution < 1.29 is 36.3 Å². The molecule has 11 heteroatoms. The Bertz CT molecular complexity index is 1410. The second kappa shape index (κ2) is 14.5. The smallest absolute Gasteiger partial charge is 0.251 e. The number of fused-ring (bicyclic) bond motifs is 1. The number of halogens is 5. The zero-order valence-corrected chi connectivity index (χ0v) is 23.9. The molecule has 0 aliphatic carbocycles. The summed E-state index contributed by atoms with van der Waals surface area (Å²) in [6, 6.07) is 7.62. The topological polar surface area (TPSA) is 58.6 Å². The van der Waals surface area contributed by atoms with E-state index >= 15 is 0 Å². The number of nitrogens with zero attached hydrogens (tertiary/aromatic N) is 1. The van der Waals surface area contributed by atoms with Crippen LogP contribution in [-0.2, 0) is 17.9 Å². The molecule has 42 heavy (non-hydrogen) atoms. The van der Waals surface area contributed by atoms with Gasteiger partial charge in [0.2, 0.25) is 5.91 Å². The van der Waals surface area contributed by atoms with E-state index in [1.807, 2.05) is 0 Å². The summed E-state index contributed by atoms with van der Waals surface area (Å²) in [5.41, 5.74) is -0.275. The fraction of sp³-hybridized carbons (Fsp3) is 0.355. The van der Waals surface area contributed by atoms with E-state index in [1.54, 1.807) is 0 Å². The molecular weight excluding hydrogens is 575 g/mol. The lowest BCUT2D eigenvalue weighted by atomic mass is 10.1. The Morgan fingerprint density at radius 2 is 1.52 bits per heavy atom. The van der Waals surface area contributed by atoms with Crippen LogP contribution in [0.4, 0.5) is 27.6 Å². The van der Waals surface area contributed by atoms with Gasteiger partial charge in [0.1, 0.15) is 34.8 Å². The van der Waals surface area contributed by atoms with Crippen LogP contribution in [0.25, 0.3) is 0 Å². The Morgan fingerprint density at radius 1 is 0.881 bits per heavy atom. The molecule has 1 aliphatic rings. The molecule has 0 atom stereocenters. The Hall–Kier alpha value is -3.60. The number of anilines is 1. The van der Waals surface area contributed by atoms with E-state index in [0.29, 0.717) is 29.3 Å². The molecule has 0 aromatic heterocycles. The highest BCUT2D eigenvalue weighted by atomic mass is 32.2. The van der Waals surface area contributed by atoms with Crippen molar-refractivity contribution in [2.75, 3.05) is 17.3 Å². The van der Waals surface area contributed by atoms with Gasteiger partial charge in [0, 0.05) is 52.4 Å². The van der Waals surface area contributed by atoms with Gasteiger partial charge in [0.05, 0.1) is 24.6 Å². The van der Waals surface area contributed by atoms with E-state index in [2.05, 4.69) is 12.2 Å². The third-order valence-corrected chi connectivity index (χ3v) is 7.92. The minimum absolute atomic E-state index is 0.0211. The summed E-state index contributed by atoms with van der Waals surface area (Å²) in [4.78, 5) is 27.2. The van der Waals surface area contributed by atoms with Gasteiger partial charge in [0.15, 0.2) is 0 Å². The van der Waals surface area contributed by atoms with Crippen molar-refractivity contribution in [2.45, 2.75) is 63.4 Å². The van der Waals surface area contributed by atoms with E-state index in [0.717, 1.165) is 56.0 Å². The molecule has 0 spiro atoms. The Kier molecular flexibility index (Phi) is 10.8. The van der Waals surface area contributed by atoms with Gasteiger partial charge >= 0.3 is 0 Å². The van der Waals surface area contributed by atoms with Crippen molar-refractivity contribution in [3.05, 3.63) is 88.2 Å². The quantitative estimate of drug-likeness (QED) is 0.160. The zero-order valence-electron chi connectivity index (χ0n) is 23.1. The van der Waals surface area contributed by atoms with Crippen molar-refractivity contribution in [2.24, 2.45) is 0 Å². The highest BCUT2D eigenvalue weighted by molar-refractivity contribution is 8.00. The van der Waals surface area contributed by atoms with Gasteiger partial charge in [-0.05, 0) is 24.6 Å². The van der Waals surface area contributed by atoms with Crippen molar-refractivity contribution in [3.8, 4) is 5.75 Å². The lowest BCUT2D eigenvalue weighted by Gasteiger charge is -2.29. The molecule has 0 unspecified atom stereocenters. The van der Waals surface area contributed by atoms with Crippen LogP contribution in [0.5, 0.6) is 5.75 Å². The Balaban J connectivity index is 1.41. The predicted molar refractivity (Wildman–Crippen MR) is 151 cm³/mol. The number of nitrogens with one attached hydrogen (secondary N) is 1. The highest BCUT2D eigenvalue weighted by Crippen LogP contribution is 2.37. The molecule has 5 nitrogen and oxygen atoms in total. The second-order valence-electron chi connectivity index (χ2n) is 9.96. The van der Waals surface area contributed by atoms with Gasteiger partial charge in [-0.15, -0.1) is 11.8 Å². The summed E-state index contributed by atoms with van der Waals surface area (Å²) in [5, 5.41) is 2.39. The van der Waals surface area contributed by atoms with Gasteiger partial charge in [-0.25, -0.2) is 22.0 Å². The van der Waals surface area contributed by atoms with Crippen molar-refractivity contribution in [3.63, 3.8) is 0 Å². The number of carbonyl (C=O) groups is 2. The van der Waals surface area contributed by atoms with Gasteiger partial charge in [-0.2, -0.15) is 0 Å². The zero-order chi connectivity index (χ0) is 30.2. The van der Waals surface area contributed by atoms with Gasteiger partial charge in [0.25, 0.3) is 5.91 Å². The summed E-state index contributed by atoms with van der Waals surface area (Å²) in [7, 11) is 0. The lowest BCUT2D eigenvalue weighted by molar-refractivity contribution is -0.116. The predicted octanol–water partition coefficient (Wildman–Crippen LogP) is 7.69. The fourth-order valence-electron chi connectivity index (χ4n) is 4.58. The van der Waals surface area contributed by atoms with Crippen LogP contribution in [0.15, 0.2) is 47.4 Å². The number of unbranched alkanes of at least 4 members (excludes halogenated alkanes) is 5. The number of thioether (sulfide) groups is 1. The third-order valence-electron chi connectivity index (χ3n) is 6.89. The number of rotatable bonds is 13. The number of benzene rings is 3. The highest BCUT2D eigenvalue weighted by Gasteiger charge is 2.28. The average molecular weight is 607 g/mol. The molecule has 2 amide bonds. The Morgan fingerprint density at radius 3 is 2.21 bits per heavy atom.